The van der Waals surface area contributed by atoms with Crippen LogP contribution in [0.1, 0.15) is 44.7 Å². The molecule has 4 aromatic rings. The molecule has 2 saturated carbocycles. The molecule has 10 rings (SSSR count). The van der Waals surface area contributed by atoms with Crippen molar-refractivity contribution in [3.8, 4) is 5.75 Å². The molecule has 0 amide bonds. The standard InChI is InChI=1S/C37H42F2N10O3S/c1-21-16-44(12-9-41-21)33-27(39)14-25-32(36(33)52-2)46(23-5-6-23)18-31(35(25)51)49-20-53-37-42-47(19-48(37)49)30-17-45(22-3-4-22)28-15-29(43-10-7-40-8-11-43)26(38)13-24(28)34(30)50/h13-15,17-18,21-23,40-41H,3-12,16,19-20H2,1-2H3. The molecule has 0 radical (unpaired) electrons. The highest BCUT2D eigenvalue weighted by atomic mass is 32.2. The average molecular weight is 745 g/mol. The summed E-state index contributed by atoms with van der Waals surface area (Å²) >= 11 is 1.46. The fourth-order valence-electron chi connectivity index (χ4n) is 8.38. The van der Waals surface area contributed by atoms with Crippen molar-refractivity contribution >= 4 is 61.5 Å². The molecule has 16 heteroatoms. The van der Waals surface area contributed by atoms with Crippen LogP contribution in [0.2, 0.25) is 0 Å². The largest absolute Gasteiger partial charge is 0.492 e. The zero-order valence-electron chi connectivity index (χ0n) is 29.8. The summed E-state index contributed by atoms with van der Waals surface area (Å²) in [5.41, 5.74) is 2.43. The number of halogens is 2. The van der Waals surface area contributed by atoms with Crippen molar-refractivity contribution in [1.29, 1.82) is 0 Å². The first-order chi connectivity index (χ1) is 25.8. The maximum atomic E-state index is 16.2. The molecule has 0 bridgehead atoms. The zero-order chi connectivity index (χ0) is 36.1. The molecule has 13 nitrogen and oxygen atoms in total. The number of hydrazine groups is 1. The minimum absolute atomic E-state index is 0.162. The van der Waals surface area contributed by atoms with E-state index in [9.17, 15) is 9.59 Å². The Morgan fingerprint density at radius 2 is 1.53 bits per heavy atom. The van der Waals surface area contributed by atoms with Crippen molar-refractivity contribution in [1.82, 2.24) is 24.8 Å². The monoisotopic (exact) mass is 744 g/mol. The van der Waals surface area contributed by atoms with Crippen LogP contribution in [0, 0.1) is 11.6 Å². The lowest BCUT2D eigenvalue weighted by Crippen LogP contribution is -2.49. The summed E-state index contributed by atoms with van der Waals surface area (Å²) in [4.78, 5) is 32.6. The molecule has 1 atom stereocenters. The van der Waals surface area contributed by atoms with E-state index in [2.05, 4.69) is 26.7 Å². The molecule has 3 saturated heterocycles. The van der Waals surface area contributed by atoms with Gasteiger partial charge in [0.25, 0.3) is 0 Å². The van der Waals surface area contributed by atoms with Gasteiger partial charge in [-0.3, -0.25) is 14.6 Å². The minimum atomic E-state index is -0.481. The highest BCUT2D eigenvalue weighted by Crippen LogP contribution is 2.46. The van der Waals surface area contributed by atoms with Crippen LogP contribution >= 0.6 is 11.8 Å². The Labute approximate surface area is 308 Å². The average Bonchev–Trinajstić information content (AvgIpc) is 4.10. The number of thioether (sulfide) groups is 1. The van der Waals surface area contributed by atoms with Crippen molar-refractivity contribution in [2.24, 2.45) is 5.10 Å². The van der Waals surface area contributed by atoms with E-state index in [1.807, 2.05) is 38.3 Å². The Morgan fingerprint density at radius 1 is 0.830 bits per heavy atom. The predicted molar refractivity (Wildman–Crippen MR) is 206 cm³/mol. The first kappa shape index (κ1) is 33.1. The van der Waals surface area contributed by atoms with Crippen molar-refractivity contribution in [2.45, 2.75) is 50.7 Å². The Balaban J connectivity index is 1.02. The molecule has 6 heterocycles. The number of hydrogen-bond donors (Lipinski definition) is 2. The number of ether oxygens (including phenoxy) is 1. The second kappa shape index (κ2) is 12.5. The second-order valence-corrected chi connectivity index (χ2v) is 15.9. The molecule has 2 N–H and O–H groups in total. The van der Waals surface area contributed by atoms with Crippen molar-refractivity contribution < 1.29 is 13.5 Å². The van der Waals surface area contributed by atoms with Crippen molar-refractivity contribution in [2.75, 3.05) is 85.3 Å². The highest BCUT2D eigenvalue weighted by molar-refractivity contribution is 8.14. The third-order valence-corrected chi connectivity index (χ3v) is 12.3. The first-order valence-electron chi connectivity index (χ1n) is 18.6. The molecule has 2 aliphatic carbocycles. The lowest BCUT2D eigenvalue weighted by Gasteiger charge is -2.35. The Bertz CT molecular complexity index is 2320. The molecule has 2 aromatic heterocycles. The number of amidine groups is 1. The van der Waals surface area contributed by atoms with E-state index < -0.39 is 11.6 Å². The lowest BCUT2D eigenvalue weighted by molar-refractivity contribution is 0.407. The number of benzene rings is 2. The number of piperazine rings is 2. The van der Waals surface area contributed by atoms with Gasteiger partial charge in [-0.05, 0) is 50.8 Å². The fraction of sp³-hybridized carbons (Fsp3) is 0.486. The molecular formula is C37H42F2N10O3S. The van der Waals surface area contributed by atoms with Gasteiger partial charge in [-0.1, -0.05) is 11.8 Å². The van der Waals surface area contributed by atoms with E-state index >= 15 is 8.78 Å². The van der Waals surface area contributed by atoms with Crippen LogP contribution in [0.25, 0.3) is 21.8 Å². The van der Waals surface area contributed by atoms with E-state index in [1.165, 1.54) is 23.9 Å². The summed E-state index contributed by atoms with van der Waals surface area (Å²) < 4.78 is 42.0. The topological polar surface area (TPSA) is 106 Å². The fourth-order valence-corrected chi connectivity index (χ4v) is 9.36. The van der Waals surface area contributed by atoms with Crippen LogP contribution in [-0.4, -0.2) is 90.8 Å². The number of rotatable bonds is 7. The summed E-state index contributed by atoms with van der Waals surface area (Å²) in [6.45, 7) is 7.20. The van der Waals surface area contributed by atoms with Gasteiger partial charge in [0, 0.05) is 76.3 Å². The lowest BCUT2D eigenvalue weighted by atomic mass is 10.1. The number of nitrogens with zero attached hydrogens (tertiary/aromatic N) is 8. The molecule has 278 valence electrons. The van der Waals surface area contributed by atoms with Gasteiger partial charge in [0.1, 0.15) is 29.5 Å². The number of nitrogens with one attached hydrogen (secondary N) is 2. The second-order valence-electron chi connectivity index (χ2n) is 15.0. The summed E-state index contributed by atoms with van der Waals surface area (Å²) in [5, 5.41) is 18.2. The van der Waals surface area contributed by atoms with Crippen LogP contribution < -0.4 is 46.0 Å². The van der Waals surface area contributed by atoms with Gasteiger partial charge in [0.2, 0.25) is 16.0 Å². The molecule has 2 aromatic carbocycles. The normalized spacial score (nSPS) is 22.0. The van der Waals surface area contributed by atoms with E-state index in [0.717, 1.165) is 50.8 Å². The number of hydrazone groups is 1. The minimum Gasteiger partial charge on any atom is -0.492 e. The number of hydrogen-bond acceptors (Lipinski definition) is 12. The van der Waals surface area contributed by atoms with Crippen LogP contribution in [0.4, 0.5) is 31.5 Å². The number of fused-ring (bicyclic) bond motifs is 3. The van der Waals surface area contributed by atoms with E-state index in [0.29, 0.717) is 76.6 Å². The molecule has 5 fully saturated rings. The van der Waals surface area contributed by atoms with Crippen LogP contribution in [0.3, 0.4) is 0 Å². The third-order valence-electron chi connectivity index (χ3n) is 11.3. The Hall–Kier alpha value is -4.54. The highest BCUT2D eigenvalue weighted by Gasteiger charge is 2.40. The van der Waals surface area contributed by atoms with Crippen LogP contribution in [0.15, 0.2) is 45.3 Å². The number of methoxy groups -OCH3 is 1. The SMILES string of the molecule is COc1c(N2CCNC(C)C2)c(F)cc2c(=O)c(N3CSC4=NN(c5cn(C6CC6)c6cc(N7CCNCC7)c(F)cc6c5=O)CN43)cn(C3CC3)c12. The summed E-state index contributed by atoms with van der Waals surface area (Å²) in [6, 6.07) is 5.17. The molecule has 1 unspecified atom stereocenters. The molecular weight excluding hydrogens is 703 g/mol. The van der Waals surface area contributed by atoms with E-state index in [4.69, 9.17) is 9.84 Å². The maximum absolute atomic E-state index is 16.2. The summed E-state index contributed by atoms with van der Waals surface area (Å²) in [6.07, 6.45) is 7.61. The summed E-state index contributed by atoms with van der Waals surface area (Å²) in [7, 11) is 1.54. The smallest absolute Gasteiger partial charge is 0.214 e. The maximum Gasteiger partial charge on any atom is 0.214 e. The summed E-state index contributed by atoms with van der Waals surface area (Å²) in [5.74, 6) is -0.0737. The van der Waals surface area contributed by atoms with Crippen LogP contribution in [0.5, 0.6) is 5.75 Å². The van der Waals surface area contributed by atoms with E-state index in [-0.39, 0.29) is 41.0 Å². The molecule has 53 heavy (non-hydrogen) atoms. The molecule has 0 spiro atoms. The quantitative estimate of drug-likeness (QED) is 0.288. The van der Waals surface area contributed by atoms with Gasteiger partial charge in [-0.15, -0.1) is 5.10 Å². The van der Waals surface area contributed by atoms with Crippen molar-refractivity contribution in [3.05, 3.63) is 62.7 Å². The predicted octanol–water partition coefficient (Wildman–Crippen LogP) is 3.96. The van der Waals surface area contributed by atoms with Gasteiger partial charge >= 0.3 is 0 Å². The van der Waals surface area contributed by atoms with Gasteiger partial charge in [-0.2, -0.15) is 0 Å². The van der Waals surface area contributed by atoms with E-state index in [1.54, 1.807) is 12.1 Å². The van der Waals surface area contributed by atoms with Gasteiger partial charge in [-0.25, -0.2) is 18.8 Å². The third kappa shape index (κ3) is 5.43. The van der Waals surface area contributed by atoms with Gasteiger partial charge in [0.05, 0.1) is 40.5 Å². The molecule has 6 aliphatic rings. The number of pyridine rings is 2. The molecule has 4 aliphatic heterocycles. The zero-order valence-corrected chi connectivity index (χ0v) is 30.6. The number of aromatic nitrogens is 2. The first-order valence-corrected chi connectivity index (χ1v) is 19.6. The van der Waals surface area contributed by atoms with Crippen LogP contribution in [-0.2, 0) is 0 Å². The number of anilines is 4. The van der Waals surface area contributed by atoms with Gasteiger partial charge in [0.15, 0.2) is 11.6 Å². The van der Waals surface area contributed by atoms with Gasteiger partial charge < -0.3 is 34.3 Å². The Morgan fingerprint density at radius 3 is 2.26 bits per heavy atom. The van der Waals surface area contributed by atoms with Crippen molar-refractivity contribution in [3.63, 3.8) is 0 Å². The Kier molecular flexibility index (Phi) is 7.81.